The van der Waals surface area contributed by atoms with Crippen LogP contribution < -0.4 is 0 Å². The predicted octanol–water partition coefficient (Wildman–Crippen LogP) is 3.46. The van der Waals surface area contributed by atoms with E-state index in [0.29, 0.717) is 11.3 Å². The first-order valence-corrected chi connectivity index (χ1v) is 6.57. The van der Waals surface area contributed by atoms with Crippen LogP contribution in [0.25, 0.3) is 11.8 Å². The number of nitrogens with zero attached hydrogens (tertiary/aromatic N) is 1. The van der Waals surface area contributed by atoms with Crippen LogP contribution in [0.15, 0.2) is 54.6 Å². The molecule has 1 aliphatic rings. The number of benzene rings is 2. The summed E-state index contributed by atoms with van der Waals surface area (Å²) in [5.74, 6) is -0.431. The smallest absolute Gasteiger partial charge is 0.435 e. The maximum absolute atomic E-state index is 12.7. The van der Waals surface area contributed by atoms with Crippen molar-refractivity contribution in [2.75, 3.05) is 7.05 Å². The van der Waals surface area contributed by atoms with Crippen LogP contribution in [0.2, 0.25) is 0 Å². The molecule has 0 saturated heterocycles. The standard InChI is InChI=1S/C17H13NO3/c1-18(17(20)21)15(12-7-3-2-4-8-12)11-13-9-5-6-10-14(13)16(18)19/h2-11H,1H3/p+1. The number of rotatable bonds is 1. The molecule has 1 aliphatic heterocycles. The quantitative estimate of drug-likeness (QED) is 0.814. The Kier molecular flexibility index (Phi) is 2.96. The van der Waals surface area contributed by atoms with Crippen molar-refractivity contribution in [3.63, 3.8) is 0 Å². The number of fused-ring (bicyclic) bond motifs is 1. The van der Waals surface area contributed by atoms with E-state index in [4.69, 9.17) is 0 Å². The molecule has 0 bridgehead atoms. The highest BCUT2D eigenvalue weighted by Gasteiger charge is 2.49. The maximum Gasteiger partial charge on any atom is 0.526 e. The number of hydrogen-bond acceptors (Lipinski definition) is 2. The average molecular weight is 280 g/mol. The van der Waals surface area contributed by atoms with Gasteiger partial charge in [0.05, 0.1) is 12.6 Å². The summed E-state index contributed by atoms with van der Waals surface area (Å²) in [6.45, 7) is 0. The lowest BCUT2D eigenvalue weighted by atomic mass is 9.96. The van der Waals surface area contributed by atoms with E-state index in [1.54, 1.807) is 18.2 Å². The Labute approximate surface area is 122 Å². The number of imide groups is 1. The molecule has 21 heavy (non-hydrogen) atoms. The molecular weight excluding hydrogens is 266 g/mol. The van der Waals surface area contributed by atoms with Gasteiger partial charge < -0.3 is 5.11 Å². The first kappa shape index (κ1) is 13.3. The minimum atomic E-state index is -1.19. The van der Waals surface area contributed by atoms with Crippen LogP contribution >= 0.6 is 0 Å². The minimum Gasteiger partial charge on any atom is -0.435 e. The van der Waals surface area contributed by atoms with E-state index in [0.717, 1.165) is 11.1 Å². The zero-order valence-electron chi connectivity index (χ0n) is 11.5. The molecule has 1 unspecified atom stereocenters. The molecule has 1 heterocycles. The van der Waals surface area contributed by atoms with Crippen molar-refractivity contribution in [1.82, 2.24) is 0 Å². The first-order valence-electron chi connectivity index (χ1n) is 6.57. The lowest BCUT2D eigenvalue weighted by molar-refractivity contribution is -0.674. The first-order chi connectivity index (χ1) is 10.0. The van der Waals surface area contributed by atoms with Gasteiger partial charge in [-0.3, -0.25) is 0 Å². The van der Waals surface area contributed by atoms with Crippen molar-refractivity contribution < 1.29 is 19.2 Å². The highest BCUT2D eigenvalue weighted by molar-refractivity contribution is 6.06. The molecule has 0 aliphatic carbocycles. The van der Waals surface area contributed by atoms with Crippen LogP contribution in [-0.4, -0.2) is 28.6 Å². The van der Waals surface area contributed by atoms with Crippen LogP contribution in [0.5, 0.6) is 0 Å². The van der Waals surface area contributed by atoms with E-state index in [2.05, 4.69) is 0 Å². The second-order valence-electron chi connectivity index (χ2n) is 5.08. The molecule has 4 nitrogen and oxygen atoms in total. The number of hydrogen-bond donors (Lipinski definition) is 1. The number of quaternary nitrogens is 1. The second kappa shape index (κ2) is 4.68. The normalized spacial score (nSPS) is 20.6. The minimum absolute atomic E-state index is 0.431. The fourth-order valence-electron chi connectivity index (χ4n) is 2.58. The van der Waals surface area contributed by atoms with E-state index < -0.39 is 16.5 Å². The largest absolute Gasteiger partial charge is 0.526 e. The van der Waals surface area contributed by atoms with Crippen LogP contribution in [0.3, 0.4) is 0 Å². The number of carbonyl (C=O) groups is 2. The molecular formula is C17H14NO3+. The van der Waals surface area contributed by atoms with Crippen LogP contribution in [0.4, 0.5) is 4.79 Å². The second-order valence-corrected chi connectivity index (χ2v) is 5.08. The molecule has 0 saturated carbocycles. The van der Waals surface area contributed by atoms with Gasteiger partial charge >= 0.3 is 12.0 Å². The van der Waals surface area contributed by atoms with Crippen LogP contribution in [0, 0.1) is 0 Å². The fourth-order valence-corrected chi connectivity index (χ4v) is 2.58. The van der Waals surface area contributed by atoms with Gasteiger partial charge in [0.2, 0.25) is 0 Å². The summed E-state index contributed by atoms with van der Waals surface area (Å²) in [5, 5.41) is 9.64. The topological polar surface area (TPSA) is 54.4 Å². The molecule has 2 aromatic rings. The highest BCUT2D eigenvalue weighted by atomic mass is 16.4. The van der Waals surface area contributed by atoms with Gasteiger partial charge in [0.25, 0.3) is 0 Å². The molecule has 104 valence electrons. The zero-order chi connectivity index (χ0) is 15.0. The summed E-state index contributed by atoms with van der Waals surface area (Å²) in [7, 11) is 1.42. The highest BCUT2D eigenvalue weighted by Crippen LogP contribution is 2.36. The van der Waals surface area contributed by atoms with Gasteiger partial charge in [0, 0.05) is 11.6 Å². The fraction of sp³-hybridized carbons (Fsp3) is 0.0588. The SMILES string of the molecule is C[N+]1(C(=O)O)C(=O)c2ccccc2C=C1c1ccccc1. The van der Waals surface area contributed by atoms with Gasteiger partial charge in [-0.05, 0) is 23.8 Å². The van der Waals surface area contributed by atoms with Gasteiger partial charge in [-0.25, -0.2) is 4.79 Å². The van der Waals surface area contributed by atoms with E-state index in [9.17, 15) is 14.7 Å². The van der Waals surface area contributed by atoms with Gasteiger partial charge in [-0.1, -0.05) is 36.4 Å². The summed E-state index contributed by atoms with van der Waals surface area (Å²) < 4.78 is -0.777. The molecule has 2 aromatic carbocycles. The lowest BCUT2D eigenvalue weighted by Crippen LogP contribution is -2.52. The average Bonchev–Trinajstić information content (AvgIpc) is 2.51. The monoisotopic (exact) mass is 280 g/mol. The molecule has 0 radical (unpaired) electrons. The number of carbonyl (C=O) groups excluding carboxylic acids is 1. The Morgan fingerprint density at radius 3 is 2.29 bits per heavy atom. The van der Waals surface area contributed by atoms with E-state index in [1.807, 2.05) is 42.5 Å². The van der Waals surface area contributed by atoms with Gasteiger partial charge in [-0.2, -0.15) is 4.79 Å². The zero-order valence-corrected chi connectivity index (χ0v) is 11.5. The van der Waals surface area contributed by atoms with Gasteiger partial charge in [-0.15, -0.1) is 4.48 Å². The third-order valence-corrected chi connectivity index (χ3v) is 3.82. The maximum atomic E-state index is 12.7. The summed E-state index contributed by atoms with van der Waals surface area (Å²) >= 11 is 0. The summed E-state index contributed by atoms with van der Waals surface area (Å²) in [4.78, 5) is 24.5. The Balaban J connectivity index is 2.31. The Bertz CT molecular complexity index is 765. The summed E-state index contributed by atoms with van der Waals surface area (Å²) in [6, 6.07) is 16.2. The third kappa shape index (κ3) is 1.88. The number of amides is 2. The molecule has 4 heteroatoms. The molecule has 2 amide bonds. The molecule has 1 atom stereocenters. The lowest BCUT2D eigenvalue weighted by Gasteiger charge is -2.31. The molecule has 1 N–H and O–H groups in total. The van der Waals surface area contributed by atoms with Crippen molar-refractivity contribution >= 4 is 23.8 Å². The van der Waals surface area contributed by atoms with E-state index in [1.165, 1.54) is 7.05 Å². The van der Waals surface area contributed by atoms with E-state index >= 15 is 0 Å². The molecule has 0 fully saturated rings. The number of carboxylic acid groups (broad SMARTS) is 1. The summed E-state index contributed by atoms with van der Waals surface area (Å²) in [6.07, 6.45) is 0.588. The van der Waals surface area contributed by atoms with E-state index in [-0.39, 0.29) is 0 Å². The van der Waals surface area contributed by atoms with Crippen molar-refractivity contribution in [2.45, 2.75) is 0 Å². The van der Waals surface area contributed by atoms with Gasteiger partial charge in [0.1, 0.15) is 0 Å². The Morgan fingerprint density at radius 1 is 1.00 bits per heavy atom. The molecule has 0 aromatic heterocycles. The molecule has 3 rings (SSSR count). The van der Waals surface area contributed by atoms with Crippen molar-refractivity contribution in [3.05, 3.63) is 71.3 Å². The van der Waals surface area contributed by atoms with Crippen molar-refractivity contribution in [1.29, 1.82) is 0 Å². The van der Waals surface area contributed by atoms with Crippen LogP contribution in [0.1, 0.15) is 21.5 Å². The Hall–Kier alpha value is -2.72. The van der Waals surface area contributed by atoms with Crippen molar-refractivity contribution in [2.24, 2.45) is 0 Å². The predicted molar refractivity (Wildman–Crippen MR) is 79.3 cm³/mol. The van der Waals surface area contributed by atoms with Crippen molar-refractivity contribution in [3.8, 4) is 0 Å². The summed E-state index contributed by atoms with van der Waals surface area (Å²) in [5.41, 5.74) is 2.37. The molecule has 0 spiro atoms. The van der Waals surface area contributed by atoms with Crippen LogP contribution in [-0.2, 0) is 0 Å². The van der Waals surface area contributed by atoms with Gasteiger partial charge in [0.15, 0.2) is 5.70 Å². The third-order valence-electron chi connectivity index (χ3n) is 3.82. The Morgan fingerprint density at radius 2 is 1.62 bits per heavy atom.